The van der Waals surface area contributed by atoms with Crippen LogP contribution in [0.5, 0.6) is 0 Å². The Morgan fingerprint density at radius 2 is 1.57 bits per heavy atom. The summed E-state index contributed by atoms with van der Waals surface area (Å²) in [4.78, 5) is 34.3. The van der Waals surface area contributed by atoms with Crippen molar-refractivity contribution in [2.45, 2.75) is 24.9 Å². The number of carbonyl (C=O) groups is 1. The van der Waals surface area contributed by atoms with Gasteiger partial charge in [0.1, 0.15) is 5.60 Å². The van der Waals surface area contributed by atoms with Crippen molar-refractivity contribution in [2.24, 2.45) is 65.1 Å². The summed E-state index contributed by atoms with van der Waals surface area (Å²) in [5.41, 5.74) is -1.42. The van der Waals surface area contributed by atoms with Crippen molar-refractivity contribution in [2.75, 3.05) is 0 Å². The van der Waals surface area contributed by atoms with Crippen LogP contribution in [0.3, 0.4) is 0 Å². The Morgan fingerprint density at radius 1 is 0.867 bits per heavy atom. The molecule has 0 N–H and O–H groups in total. The number of rotatable bonds is 4. The third-order valence-corrected chi connectivity index (χ3v) is 10.8. The molecule has 0 aromatic heterocycles. The van der Waals surface area contributed by atoms with Gasteiger partial charge in [-0.25, -0.2) is 4.79 Å². The molecule has 30 heavy (non-hydrogen) atoms. The van der Waals surface area contributed by atoms with Gasteiger partial charge >= 0.3 is 5.97 Å². The maximum atomic E-state index is 13.3. The monoisotopic (exact) mass is 408 g/mol. The predicted octanol–water partition coefficient (Wildman–Crippen LogP) is 3.44. The number of nitro benzene ring substituents is 2. The fourth-order valence-corrected chi connectivity index (χ4v) is 10.9. The normalized spacial score (nSPS) is 53.4. The summed E-state index contributed by atoms with van der Waals surface area (Å²) < 4.78 is 6.37. The highest BCUT2D eigenvalue weighted by Crippen LogP contribution is 2.90. The fraction of sp³-hybridized carbons (Fsp3) is 0.682. The lowest BCUT2D eigenvalue weighted by molar-refractivity contribution is -0.394. The van der Waals surface area contributed by atoms with Gasteiger partial charge in [-0.2, -0.15) is 0 Å². The summed E-state index contributed by atoms with van der Waals surface area (Å²) in [5.74, 6) is 7.25. The zero-order chi connectivity index (χ0) is 20.3. The largest absolute Gasteiger partial charge is 0.455 e. The summed E-state index contributed by atoms with van der Waals surface area (Å²) >= 11 is 0. The minimum absolute atomic E-state index is 0.0753. The Morgan fingerprint density at radius 3 is 2.27 bits per heavy atom. The number of benzene rings is 1. The average molecular weight is 408 g/mol. The summed E-state index contributed by atoms with van der Waals surface area (Å²) in [7, 11) is 0. The first kappa shape index (κ1) is 16.2. The van der Waals surface area contributed by atoms with Crippen LogP contribution >= 0.6 is 0 Å². The van der Waals surface area contributed by atoms with Crippen LogP contribution in [-0.4, -0.2) is 21.4 Å². The highest BCUT2D eigenvalue weighted by atomic mass is 16.6. The van der Waals surface area contributed by atoms with Gasteiger partial charge in [0.05, 0.1) is 21.5 Å². The third kappa shape index (κ3) is 1.43. The molecule has 8 fully saturated rings. The molecule has 0 heterocycles. The van der Waals surface area contributed by atoms with Crippen LogP contribution in [-0.2, 0) is 4.74 Å². The number of hydrogen-bond donors (Lipinski definition) is 0. The minimum Gasteiger partial charge on any atom is -0.455 e. The van der Waals surface area contributed by atoms with Crippen molar-refractivity contribution >= 4 is 17.3 Å². The van der Waals surface area contributed by atoms with Crippen molar-refractivity contribution in [3.63, 3.8) is 0 Å². The number of esters is 1. The highest BCUT2D eigenvalue weighted by molar-refractivity contribution is 5.91. The molecule has 0 aliphatic heterocycles. The molecule has 8 heteroatoms. The molecule has 0 saturated heterocycles. The van der Waals surface area contributed by atoms with E-state index >= 15 is 0 Å². The number of carbonyl (C=O) groups excluding carboxylic acids is 1. The molecular weight excluding hydrogens is 388 g/mol. The van der Waals surface area contributed by atoms with Gasteiger partial charge in [0.25, 0.3) is 11.4 Å². The molecule has 154 valence electrons. The summed E-state index contributed by atoms with van der Waals surface area (Å²) in [6, 6.07) is 3.13. The minimum atomic E-state index is -0.700. The van der Waals surface area contributed by atoms with E-state index in [1.54, 1.807) is 0 Å². The number of hydrogen-bond acceptors (Lipinski definition) is 6. The molecule has 8 saturated carbocycles. The second-order valence-corrected chi connectivity index (χ2v) is 10.9. The molecule has 6 bridgehead atoms. The van der Waals surface area contributed by atoms with Gasteiger partial charge in [-0.3, -0.25) is 20.2 Å². The Balaban J connectivity index is 1.21. The summed E-state index contributed by atoms with van der Waals surface area (Å²) in [6.45, 7) is 0. The summed E-state index contributed by atoms with van der Waals surface area (Å²) in [5, 5.41) is 22.5. The fourth-order valence-electron chi connectivity index (χ4n) is 10.9. The van der Waals surface area contributed by atoms with Crippen LogP contribution in [0.2, 0.25) is 0 Å². The van der Waals surface area contributed by atoms with E-state index in [0.717, 1.165) is 54.2 Å². The van der Waals surface area contributed by atoms with Crippen LogP contribution in [0.4, 0.5) is 11.4 Å². The topological polar surface area (TPSA) is 113 Å². The quantitative estimate of drug-likeness (QED) is 0.428. The van der Waals surface area contributed by atoms with E-state index < -0.39 is 32.8 Å². The number of nitro groups is 2. The SMILES string of the molecule is O=C(OC12CC3C4CC1C1C4C4C5CC(C34)C2C51)c1cc([N+](=O)[O-])cc([N+](=O)[O-])c1. The van der Waals surface area contributed by atoms with Crippen LogP contribution in [0, 0.1) is 85.3 Å². The first-order valence-electron chi connectivity index (χ1n) is 11.1. The first-order valence-corrected chi connectivity index (χ1v) is 11.1. The second kappa shape index (κ2) is 4.55. The van der Waals surface area contributed by atoms with E-state index in [1.165, 1.54) is 12.8 Å². The zero-order valence-corrected chi connectivity index (χ0v) is 16.0. The maximum Gasteiger partial charge on any atom is 0.339 e. The Kier molecular flexibility index (Phi) is 2.46. The molecule has 8 nitrogen and oxygen atoms in total. The van der Waals surface area contributed by atoms with Crippen molar-refractivity contribution in [1.29, 1.82) is 0 Å². The smallest absolute Gasteiger partial charge is 0.339 e. The molecule has 8 aliphatic carbocycles. The standard InChI is InChI=1S/C22H20N2O6/c25-21(7-1-8(23(26)27)3-9(2-7)24(28)29)30-22-6-13-10-5-14(22)19-16(10)17-11-4-12(15(13)17)20(22)18(11)19/h1-3,10-20H,4-6H2. The number of ether oxygens (including phenoxy) is 1. The van der Waals surface area contributed by atoms with E-state index in [9.17, 15) is 25.0 Å². The van der Waals surface area contributed by atoms with Crippen LogP contribution in [0.1, 0.15) is 29.6 Å². The van der Waals surface area contributed by atoms with Crippen LogP contribution in [0.15, 0.2) is 18.2 Å². The van der Waals surface area contributed by atoms with E-state index in [1.807, 2.05) is 0 Å². The lowest BCUT2D eigenvalue weighted by Crippen LogP contribution is -2.58. The molecule has 0 amide bonds. The van der Waals surface area contributed by atoms with Gasteiger partial charge in [0, 0.05) is 24.0 Å². The van der Waals surface area contributed by atoms with Crippen molar-refractivity contribution in [3.05, 3.63) is 44.0 Å². The number of nitrogens with zero attached hydrogens (tertiary/aromatic N) is 2. The van der Waals surface area contributed by atoms with Gasteiger partial charge in [-0.05, 0) is 72.5 Å². The lowest BCUT2D eigenvalue weighted by Gasteiger charge is -2.55. The van der Waals surface area contributed by atoms with Crippen molar-refractivity contribution in [3.8, 4) is 0 Å². The first-order chi connectivity index (χ1) is 14.4. The van der Waals surface area contributed by atoms with E-state index in [-0.39, 0.29) is 5.56 Å². The molecule has 1 aromatic carbocycles. The molecule has 12 atom stereocenters. The average Bonchev–Trinajstić information content (AvgIpc) is 3.47. The van der Waals surface area contributed by atoms with E-state index in [4.69, 9.17) is 4.74 Å². The van der Waals surface area contributed by atoms with Gasteiger partial charge in [0.15, 0.2) is 0 Å². The summed E-state index contributed by atoms with van der Waals surface area (Å²) in [6.07, 6.45) is 3.42. The maximum absolute atomic E-state index is 13.3. The third-order valence-electron chi connectivity index (χ3n) is 10.8. The van der Waals surface area contributed by atoms with E-state index in [0.29, 0.717) is 35.5 Å². The van der Waals surface area contributed by atoms with Crippen molar-refractivity contribution in [1.82, 2.24) is 0 Å². The Bertz CT molecular complexity index is 1070. The second-order valence-electron chi connectivity index (χ2n) is 10.9. The molecule has 0 spiro atoms. The highest BCUT2D eigenvalue weighted by Gasteiger charge is 2.89. The van der Waals surface area contributed by atoms with Gasteiger partial charge < -0.3 is 4.74 Å². The molecule has 12 unspecified atom stereocenters. The Labute approximate surface area is 171 Å². The van der Waals surface area contributed by atoms with Gasteiger partial charge in [-0.1, -0.05) is 0 Å². The molecule has 0 radical (unpaired) electrons. The van der Waals surface area contributed by atoms with Crippen molar-refractivity contribution < 1.29 is 19.4 Å². The van der Waals surface area contributed by atoms with Gasteiger partial charge in [0.2, 0.25) is 0 Å². The predicted molar refractivity (Wildman–Crippen MR) is 100 cm³/mol. The Hall–Kier alpha value is -2.51. The molecule has 1 aromatic rings. The molecule has 9 rings (SSSR count). The zero-order valence-electron chi connectivity index (χ0n) is 16.0. The molecular formula is C22H20N2O6. The van der Waals surface area contributed by atoms with E-state index in [2.05, 4.69) is 0 Å². The molecule has 8 aliphatic rings. The number of non-ortho nitro benzene ring substituents is 2. The van der Waals surface area contributed by atoms with Crippen LogP contribution in [0.25, 0.3) is 0 Å². The lowest BCUT2D eigenvalue weighted by atomic mass is 9.54. The van der Waals surface area contributed by atoms with Gasteiger partial charge in [-0.15, -0.1) is 0 Å². The van der Waals surface area contributed by atoms with Crippen LogP contribution < -0.4 is 0 Å².